The van der Waals surface area contributed by atoms with Crippen LogP contribution < -0.4 is 5.73 Å². The van der Waals surface area contributed by atoms with Crippen LogP contribution in [0.5, 0.6) is 0 Å². The van der Waals surface area contributed by atoms with Gasteiger partial charge in [0.15, 0.2) is 0 Å². The number of nitrogens with two attached hydrogens (primary N) is 1. The van der Waals surface area contributed by atoms with Crippen LogP contribution in [0.15, 0.2) is 11.4 Å². The van der Waals surface area contributed by atoms with E-state index in [-0.39, 0.29) is 5.91 Å². The predicted octanol–water partition coefficient (Wildman–Crippen LogP) is 1.77. The average Bonchev–Trinajstić information content (AvgIpc) is 2.80. The number of thiophene rings is 1. The molecule has 1 rings (SSSR count). The molecule has 0 unspecified atom stereocenters. The third-order valence-corrected chi connectivity index (χ3v) is 3.84. The van der Waals surface area contributed by atoms with Gasteiger partial charge >= 0.3 is 0 Å². The highest BCUT2D eigenvalue weighted by atomic mass is 32.2. The van der Waals surface area contributed by atoms with Crippen molar-refractivity contribution < 1.29 is 4.79 Å². The van der Waals surface area contributed by atoms with Gasteiger partial charge in [0.05, 0.1) is 11.4 Å². The van der Waals surface area contributed by atoms with Gasteiger partial charge in [0.2, 0.25) is 5.91 Å². The number of hydrogen-bond donors (Lipinski definition) is 1. The van der Waals surface area contributed by atoms with Crippen LogP contribution in [0.3, 0.4) is 0 Å². The molecule has 1 amide bonds. The highest BCUT2D eigenvalue weighted by Gasteiger charge is 2.09. The van der Waals surface area contributed by atoms with Crippen molar-refractivity contribution in [1.82, 2.24) is 4.90 Å². The SMILES string of the molecule is CSCCC(=O)N(C)Cc1csc(C#CCN)c1. The normalized spacial score (nSPS) is 9.72. The van der Waals surface area contributed by atoms with Crippen molar-refractivity contribution in [2.24, 2.45) is 5.73 Å². The Morgan fingerprint density at radius 2 is 2.39 bits per heavy atom. The van der Waals surface area contributed by atoms with E-state index in [1.165, 1.54) is 0 Å². The summed E-state index contributed by atoms with van der Waals surface area (Å²) in [6.45, 7) is 1.02. The maximum Gasteiger partial charge on any atom is 0.223 e. The van der Waals surface area contributed by atoms with Gasteiger partial charge in [-0.25, -0.2) is 0 Å². The van der Waals surface area contributed by atoms with Gasteiger partial charge in [-0.3, -0.25) is 4.79 Å². The zero-order valence-electron chi connectivity index (χ0n) is 10.7. The Morgan fingerprint density at radius 1 is 1.61 bits per heavy atom. The molecule has 1 aromatic rings. The molecule has 0 bridgehead atoms. The number of nitrogens with zero attached hydrogens (tertiary/aromatic N) is 1. The maximum atomic E-state index is 11.8. The van der Waals surface area contributed by atoms with E-state index in [1.54, 1.807) is 28.0 Å². The number of rotatable bonds is 5. The molecular weight excluding hydrogens is 264 g/mol. The van der Waals surface area contributed by atoms with E-state index in [4.69, 9.17) is 5.73 Å². The zero-order valence-corrected chi connectivity index (χ0v) is 12.4. The van der Waals surface area contributed by atoms with Crippen molar-refractivity contribution >= 4 is 29.0 Å². The van der Waals surface area contributed by atoms with E-state index < -0.39 is 0 Å². The Hall–Kier alpha value is -0.960. The van der Waals surface area contributed by atoms with Crippen LogP contribution in [-0.4, -0.2) is 36.4 Å². The van der Waals surface area contributed by atoms with Crippen LogP contribution in [0.2, 0.25) is 0 Å². The van der Waals surface area contributed by atoms with Crippen molar-refractivity contribution in [3.05, 3.63) is 21.9 Å². The zero-order chi connectivity index (χ0) is 13.4. The smallest absolute Gasteiger partial charge is 0.223 e. The molecular formula is C13H18N2OS2. The maximum absolute atomic E-state index is 11.8. The Balaban J connectivity index is 2.51. The van der Waals surface area contributed by atoms with Crippen LogP contribution in [0.25, 0.3) is 0 Å². The molecule has 18 heavy (non-hydrogen) atoms. The summed E-state index contributed by atoms with van der Waals surface area (Å²) in [5.41, 5.74) is 6.45. The largest absolute Gasteiger partial charge is 0.341 e. The molecule has 0 aliphatic carbocycles. The monoisotopic (exact) mass is 282 g/mol. The molecule has 0 atom stereocenters. The predicted molar refractivity (Wildman–Crippen MR) is 79.7 cm³/mol. The third-order valence-electron chi connectivity index (χ3n) is 2.33. The van der Waals surface area contributed by atoms with Gasteiger partial charge in [0.25, 0.3) is 0 Å². The Morgan fingerprint density at radius 3 is 3.06 bits per heavy atom. The second kappa shape index (κ2) is 8.20. The fourth-order valence-corrected chi connectivity index (χ4v) is 2.55. The molecule has 1 aromatic heterocycles. The van der Waals surface area contributed by atoms with Gasteiger partial charge in [-0.15, -0.1) is 11.3 Å². The number of carbonyl (C=O) groups is 1. The minimum Gasteiger partial charge on any atom is -0.341 e. The van der Waals surface area contributed by atoms with Gasteiger partial charge in [0, 0.05) is 25.8 Å². The summed E-state index contributed by atoms with van der Waals surface area (Å²) in [7, 11) is 1.84. The Bertz CT molecular complexity index is 445. The lowest BCUT2D eigenvalue weighted by Gasteiger charge is -2.15. The lowest BCUT2D eigenvalue weighted by Crippen LogP contribution is -2.26. The lowest BCUT2D eigenvalue weighted by atomic mass is 10.3. The molecule has 0 radical (unpaired) electrons. The third kappa shape index (κ3) is 5.13. The fraction of sp³-hybridized carbons (Fsp3) is 0.462. The summed E-state index contributed by atoms with van der Waals surface area (Å²) in [6.07, 6.45) is 2.61. The van der Waals surface area contributed by atoms with Crippen LogP contribution >= 0.6 is 23.1 Å². The van der Waals surface area contributed by atoms with Crippen molar-refractivity contribution in [3.63, 3.8) is 0 Å². The van der Waals surface area contributed by atoms with Gasteiger partial charge in [-0.1, -0.05) is 11.8 Å². The van der Waals surface area contributed by atoms with Crippen molar-refractivity contribution in [2.45, 2.75) is 13.0 Å². The summed E-state index contributed by atoms with van der Waals surface area (Å²) in [5.74, 6) is 6.89. The minimum atomic E-state index is 0.185. The second-order valence-electron chi connectivity index (χ2n) is 3.82. The highest BCUT2D eigenvalue weighted by Crippen LogP contribution is 2.15. The first kappa shape index (κ1) is 15.1. The van der Waals surface area contributed by atoms with E-state index >= 15 is 0 Å². The molecule has 0 aliphatic heterocycles. The number of thioether (sulfide) groups is 1. The van der Waals surface area contributed by atoms with Gasteiger partial charge < -0.3 is 10.6 Å². The molecule has 2 N–H and O–H groups in total. The molecule has 0 saturated heterocycles. The standard InChI is InChI=1S/C13H18N2OS2/c1-15(13(16)5-7-17-2)9-11-8-12(18-10-11)4-3-6-14/h8,10H,5-7,9,14H2,1-2H3. The summed E-state index contributed by atoms with van der Waals surface area (Å²) in [6, 6.07) is 2.02. The number of carbonyl (C=O) groups excluding carboxylic acids is 1. The van der Waals surface area contributed by atoms with Crippen LogP contribution in [-0.2, 0) is 11.3 Å². The van der Waals surface area contributed by atoms with Crippen LogP contribution in [0.4, 0.5) is 0 Å². The van der Waals surface area contributed by atoms with Gasteiger partial charge in [0.1, 0.15) is 0 Å². The van der Waals surface area contributed by atoms with Crippen molar-refractivity contribution in [1.29, 1.82) is 0 Å². The Kier molecular flexibility index (Phi) is 6.88. The van der Waals surface area contributed by atoms with E-state index in [1.807, 2.05) is 24.7 Å². The van der Waals surface area contributed by atoms with Crippen molar-refractivity contribution in [3.8, 4) is 11.8 Å². The summed E-state index contributed by atoms with van der Waals surface area (Å²) in [4.78, 5) is 14.5. The lowest BCUT2D eigenvalue weighted by molar-refractivity contribution is -0.129. The average molecular weight is 282 g/mol. The molecule has 0 saturated carbocycles. The van der Waals surface area contributed by atoms with Crippen molar-refractivity contribution in [2.75, 3.05) is 25.6 Å². The summed E-state index contributed by atoms with van der Waals surface area (Å²) in [5, 5.41) is 2.04. The molecule has 0 spiro atoms. The van der Waals surface area contributed by atoms with Crippen LogP contribution in [0, 0.1) is 11.8 Å². The van der Waals surface area contributed by atoms with E-state index in [9.17, 15) is 4.79 Å². The molecule has 0 aliphatic rings. The molecule has 5 heteroatoms. The topological polar surface area (TPSA) is 46.3 Å². The van der Waals surface area contributed by atoms with Gasteiger partial charge in [-0.2, -0.15) is 11.8 Å². The second-order valence-corrected chi connectivity index (χ2v) is 5.71. The quantitative estimate of drug-likeness (QED) is 0.837. The summed E-state index contributed by atoms with van der Waals surface area (Å²) >= 11 is 3.28. The first-order valence-corrected chi connectivity index (χ1v) is 7.94. The first-order valence-electron chi connectivity index (χ1n) is 5.66. The molecule has 1 heterocycles. The first-order chi connectivity index (χ1) is 8.67. The molecule has 3 nitrogen and oxygen atoms in total. The highest BCUT2D eigenvalue weighted by molar-refractivity contribution is 7.98. The number of hydrogen-bond acceptors (Lipinski definition) is 4. The van der Waals surface area contributed by atoms with Gasteiger partial charge in [-0.05, 0) is 23.3 Å². The summed E-state index contributed by atoms with van der Waals surface area (Å²) < 4.78 is 0. The van der Waals surface area contributed by atoms with E-state index in [0.717, 1.165) is 16.2 Å². The number of amides is 1. The fourth-order valence-electron chi connectivity index (χ4n) is 1.40. The van der Waals surface area contributed by atoms with E-state index in [2.05, 4.69) is 11.8 Å². The van der Waals surface area contributed by atoms with Crippen LogP contribution in [0.1, 0.15) is 16.9 Å². The van der Waals surface area contributed by atoms with E-state index in [0.29, 0.717) is 19.5 Å². The Labute approximate surface area is 117 Å². The molecule has 98 valence electrons. The molecule has 0 aromatic carbocycles. The minimum absolute atomic E-state index is 0.185. The molecule has 0 fully saturated rings.